The van der Waals surface area contributed by atoms with Crippen molar-refractivity contribution in [2.24, 2.45) is 0 Å². The van der Waals surface area contributed by atoms with Gasteiger partial charge < -0.3 is 20.1 Å². The Kier molecular flexibility index (Phi) is 6.25. The van der Waals surface area contributed by atoms with E-state index in [0.717, 1.165) is 37.2 Å². The molecule has 2 N–H and O–H groups in total. The number of carbonyl (C=O) groups excluding carboxylic acids is 2. The first-order valence-electron chi connectivity index (χ1n) is 10.8. The molecule has 4 rings (SSSR count). The third-order valence-electron chi connectivity index (χ3n) is 5.79. The smallest absolute Gasteiger partial charge is 0.321 e. The lowest BCUT2D eigenvalue weighted by Gasteiger charge is -2.16. The van der Waals surface area contributed by atoms with Crippen molar-refractivity contribution in [3.8, 4) is 5.69 Å². The predicted molar refractivity (Wildman–Crippen MR) is 123 cm³/mol. The third kappa shape index (κ3) is 4.51. The highest BCUT2D eigenvalue weighted by atomic mass is 19.1. The van der Waals surface area contributed by atoms with Crippen molar-refractivity contribution in [1.29, 1.82) is 0 Å². The summed E-state index contributed by atoms with van der Waals surface area (Å²) in [4.78, 5) is 27.0. The average Bonchev–Trinajstić information content (AvgIpc) is 3.42. The van der Waals surface area contributed by atoms with Gasteiger partial charge in [0.1, 0.15) is 5.82 Å². The number of amides is 3. The maximum absolute atomic E-state index is 14.3. The van der Waals surface area contributed by atoms with E-state index in [1.165, 1.54) is 6.07 Å². The highest BCUT2D eigenvalue weighted by molar-refractivity contribution is 5.96. The molecule has 0 atom stereocenters. The summed E-state index contributed by atoms with van der Waals surface area (Å²) < 4.78 is 16.0. The molecular weight excluding hydrogens is 407 g/mol. The highest BCUT2D eigenvalue weighted by Crippen LogP contribution is 2.23. The van der Waals surface area contributed by atoms with Crippen molar-refractivity contribution >= 4 is 17.6 Å². The van der Waals surface area contributed by atoms with E-state index in [1.807, 2.05) is 38.1 Å². The quantitative estimate of drug-likeness (QED) is 0.606. The molecule has 0 radical (unpaired) electrons. The molecular formula is C25H27FN4O2. The zero-order valence-corrected chi connectivity index (χ0v) is 18.3. The molecule has 0 aliphatic carbocycles. The van der Waals surface area contributed by atoms with Crippen molar-refractivity contribution in [3.63, 3.8) is 0 Å². The fraction of sp³-hybridized carbons (Fsp3) is 0.280. The summed E-state index contributed by atoms with van der Waals surface area (Å²) in [6.45, 7) is 5.54. The summed E-state index contributed by atoms with van der Waals surface area (Å²) in [6.07, 6.45) is 2.08. The summed E-state index contributed by atoms with van der Waals surface area (Å²) in [5.41, 5.74) is 3.96. The van der Waals surface area contributed by atoms with Crippen LogP contribution in [0, 0.1) is 19.7 Å². The van der Waals surface area contributed by atoms with Crippen LogP contribution < -0.4 is 10.6 Å². The van der Waals surface area contributed by atoms with Crippen molar-refractivity contribution in [3.05, 3.63) is 82.9 Å². The van der Waals surface area contributed by atoms with Gasteiger partial charge in [-0.1, -0.05) is 24.3 Å². The Bertz CT molecular complexity index is 1150. The van der Waals surface area contributed by atoms with E-state index >= 15 is 0 Å². The SMILES string of the molecule is Cc1cc(C(=O)NCc2cccc(NC(=O)N3CCCC3)c2)c(C)n1-c1ccccc1F. The van der Waals surface area contributed by atoms with Gasteiger partial charge in [0.25, 0.3) is 5.91 Å². The van der Waals surface area contributed by atoms with Crippen LogP contribution in [0.5, 0.6) is 0 Å². The number of benzene rings is 2. The molecule has 0 bridgehead atoms. The summed E-state index contributed by atoms with van der Waals surface area (Å²) >= 11 is 0. The molecule has 1 aliphatic heterocycles. The fourth-order valence-corrected chi connectivity index (χ4v) is 4.16. The van der Waals surface area contributed by atoms with E-state index in [2.05, 4.69) is 10.6 Å². The molecule has 2 heterocycles. The summed E-state index contributed by atoms with van der Waals surface area (Å²) in [6, 6.07) is 15.6. The number of aromatic nitrogens is 1. The van der Waals surface area contributed by atoms with E-state index in [1.54, 1.807) is 33.7 Å². The van der Waals surface area contributed by atoms with Crippen LogP contribution in [0.25, 0.3) is 5.69 Å². The van der Waals surface area contributed by atoms with E-state index in [0.29, 0.717) is 29.2 Å². The first-order valence-corrected chi connectivity index (χ1v) is 10.8. The monoisotopic (exact) mass is 434 g/mol. The van der Waals surface area contributed by atoms with Crippen LogP contribution in [0.4, 0.5) is 14.9 Å². The Morgan fingerprint density at radius 3 is 2.50 bits per heavy atom. The topological polar surface area (TPSA) is 66.4 Å². The number of hydrogen-bond donors (Lipinski definition) is 2. The second-order valence-corrected chi connectivity index (χ2v) is 8.08. The number of para-hydroxylation sites is 1. The number of rotatable bonds is 5. The third-order valence-corrected chi connectivity index (χ3v) is 5.79. The number of aryl methyl sites for hydroxylation is 1. The summed E-state index contributed by atoms with van der Waals surface area (Å²) in [5, 5.41) is 5.85. The standard InChI is InChI=1S/C25H27FN4O2/c1-17-14-21(18(2)30(17)23-11-4-3-10-22(23)26)24(31)27-16-19-8-7-9-20(15-19)28-25(32)29-12-5-6-13-29/h3-4,7-11,14-15H,5-6,12-13,16H2,1-2H3,(H,27,31)(H,28,32). The molecule has 0 unspecified atom stereocenters. The molecule has 3 aromatic rings. The van der Waals surface area contributed by atoms with Crippen LogP contribution in [0.1, 0.15) is 40.2 Å². The van der Waals surface area contributed by atoms with Crippen LogP contribution >= 0.6 is 0 Å². The van der Waals surface area contributed by atoms with Crippen LogP contribution in [0.3, 0.4) is 0 Å². The Balaban J connectivity index is 1.44. The van der Waals surface area contributed by atoms with Crippen LogP contribution in [-0.2, 0) is 6.54 Å². The molecule has 1 saturated heterocycles. The van der Waals surface area contributed by atoms with Crippen LogP contribution in [-0.4, -0.2) is 34.5 Å². The molecule has 32 heavy (non-hydrogen) atoms. The number of halogens is 1. The van der Waals surface area contributed by atoms with Gasteiger partial charge in [-0.05, 0) is 62.6 Å². The van der Waals surface area contributed by atoms with Crippen molar-refractivity contribution in [2.45, 2.75) is 33.2 Å². The molecule has 1 aliphatic rings. The van der Waals surface area contributed by atoms with E-state index in [9.17, 15) is 14.0 Å². The summed E-state index contributed by atoms with van der Waals surface area (Å²) in [7, 11) is 0. The van der Waals surface area contributed by atoms with Gasteiger partial charge in [0.15, 0.2) is 0 Å². The van der Waals surface area contributed by atoms with E-state index < -0.39 is 0 Å². The maximum Gasteiger partial charge on any atom is 0.321 e. The van der Waals surface area contributed by atoms with Gasteiger partial charge in [-0.2, -0.15) is 0 Å². The van der Waals surface area contributed by atoms with Gasteiger partial charge in [0.05, 0.1) is 11.3 Å². The summed E-state index contributed by atoms with van der Waals surface area (Å²) in [5.74, 6) is -0.568. The molecule has 1 fully saturated rings. The Labute approximate surface area is 187 Å². The lowest BCUT2D eigenvalue weighted by Crippen LogP contribution is -2.32. The Morgan fingerprint density at radius 2 is 1.75 bits per heavy atom. The predicted octanol–water partition coefficient (Wildman–Crippen LogP) is 4.79. The molecule has 6 nitrogen and oxygen atoms in total. The second kappa shape index (κ2) is 9.26. The average molecular weight is 435 g/mol. The zero-order chi connectivity index (χ0) is 22.7. The molecule has 166 valence electrons. The lowest BCUT2D eigenvalue weighted by atomic mass is 10.2. The minimum atomic E-state index is -0.339. The number of nitrogens with one attached hydrogen (secondary N) is 2. The van der Waals surface area contributed by atoms with Crippen molar-refractivity contribution < 1.29 is 14.0 Å². The Hall–Kier alpha value is -3.61. The van der Waals surface area contributed by atoms with E-state index in [-0.39, 0.29) is 17.8 Å². The minimum Gasteiger partial charge on any atom is -0.348 e. The number of anilines is 1. The van der Waals surface area contributed by atoms with Gasteiger partial charge in [0, 0.05) is 36.7 Å². The largest absolute Gasteiger partial charge is 0.348 e. The number of carbonyl (C=O) groups is 2. The molecule has 2 aromatic carbocycles. The van der Waals surface area contributed by atoms with Gasteiger partial charge in [-0.15, -0.1) is 0 Å². The number of urea groups is 1. The number of likely N-dealkylation sites (tertiary alicyclic amines) is 1. The minimum absolute atomic E-state index is 0.0933. The number of nitrogens with zero attached hydrogens (tertiary/aromatic N) is 2. The van der Waals surface area contributed by atoms with Crippen molar-refractivity contribution in [1.82, 2.24) is 14.8 Å². The second-order valence-electron chi connectivity index (χ2n) is 8.08. The van der Waals surface area contributed by atoms with Gasteiger partial charge in [-0.25, -0.2) is 9.18 Å². The fourth-order valence-electron chi connectivity index (χ4n) is 4.16. The zero-order valence-electron chi connectivity index (χ0n) is 18.3. The molecule has 0 saturated carbocycles. The highest BCUT2D eigenvalue weighted by Gasteiger charge is 2.19. The van der Waals surface area contributed by atoms with Crippen LogP contribution in [0.15, 0.2) is 54.6 Å². The Morgan fingerprint density at radius 1 is 1.00 bits per heavy atom. The molecule has 3 amide bonds. The van der Waals surface area contributed by atoms with Gasteiger partial charge in [0.2, 0.25) is 0 Å². The first-order chi connectivity index (χ1) is 15.4. The molecule has 7 heteroatoms. The number of hydrogen-bond acceptors (Lipinski definition) is 2. The lowest BCUT2D eigenvalue weighted by molar-refractivity contribution is 0.0950. The maximum atomic E-state index is 14.3. The van der Waals surface area contributed by atoms with E-state index in [4.69, 9.17) is 0 Å². The van der Waals surface area contributed by atoms with Crippen molar-refractivity contribution in [2.75, 3.05) is 18.4 Å². The normalized spacial score (nSPS) is 13.3. The van der Waals surface area contributed by atoms with Crippen LogP contribution in [0.2, 0.25) is 0 Å². The molecule has 0 spiro atoms. The molecule has 1 aromatic heterocycles. The van der Waals surface area contributed by atoms with Gasteiger partial charge >= 0.3 is 6.03 Å². The van der Waals surface area contributed by atoms with Gasteiger partial charge in [-0.3, -0.25) is 4.79 Å². The first kappa shape index (κ1) is 21.6.